The molecule has 0 fully saturated rings. The zero-order valence-corrected chi connectivity index (χ0v) is 16.8. The minimum atomic E-state index is -0.742. The first-order valence-corrected chi connectivity index (χ1v) is 9.72. The topological polar surface area (TPSA) is 93.3 Å². The largest absolute Gasteiger partial charge is 0.347 e. The van der Waals surface area contributed by atoms with Crippen LogP contribution in [0.2, 0.25) is 0 Å². The molecule has 0 radical (unpaired) electrons. The third-order valence-electron chi connectivity index (χ3n) is 4.19. The highest BCUT2D eigenvalue weighted by Crippen LogP contribution is 2.21. The highest BCUT2D eigenvalue weighted by molar-refractivity contribution is 5.86. The number of nitrogens with one attached hydrogen (secondary N) is 2. The minimum absolute atomic E-state index is 0.102. The van der Waals surface area contributed by atoms with Crippen LogP contribution in [0.1, 0.15) is 56.7 Å². The summed E-state index contributed by atoms with van der Waals surface area (Å²) in [5.41, 5.74) is 1.96. The lowest BCUT2D eigenvalue weighted by Gasteiger charge is -2.19. The van der Waals surface area contributed by atoms with Crippen LogP contribution < -0.4 is 10.9 Å². The number of aromatic amines is 1. The van der Waals surface area contributed by atoms with E-state index in [4.69, 9.17) is 9.47 Å². The SMILES string of the molecule is CCOC(OCC)c1nc(NC(C)=O)[nH]c(=O)c1CCCCc1ccccc1. The number of unbranched alkanes of at least 4 members (excludes halogenated alkanes) is 1. The van der Waals surface area contributed by atoms with Gasteiger partial charge in [0.15, 0.2) is 0 Å². The van der Waals surface area contributed by atoms with Crippen molar-refractivity contribution in [3.63, 3.8) is 0 Å². The second-order valence-corrected chi connectivity index (χ2v) is 6.39. The number of anilines is 1. The summed E-state index contributed by atoms with van der Waals surface area (Å²) in [6.07, 6.45) is 2.54. The van der Waals surface area contributed by atoms with E-state index in [2.05, 4.69) is 27.4 Å². The van der Waals surface area contributed by atoms with Gasteiger partial charge in [0.25, 0.3) is 5.56 Å². The molecule has 1 aromatic carbocycles. The summed E-state index contributed by atoms with van der Waals surface area (Å²) in [4.78, 5) is 31.1. The van der Waals surface area contributed by atoms with Crippen LogP contribution in [0.3, 0.4) is 0 Å². The number of aromatic nitrogens is 2. The van der Waals surface area contributed by atoms with Crippen molar-refractivity contribution in [2.75, 3.05) is 18.5 Å². The normalized spacial score (nSPS) is 11.0. The van der Waals surface area contributed by atoms with Crippen LogP contribution in [0.5, 0.6) is 0 Å². The summed E-state index contributed by atoms with van der Waals surface area (Å²) in [5, 5.41) is 2.52. The van der Waals surface area contributed by atoms with Gasteiger partial charge >= 0.3 is 0 Å². The summed E-state index contributed by atoms with van der Waals surface area (Å²) in [6, 6.07) is 10.2. The fourth-order valence-electron chi connectivity index (χ4n) is 2.96. The Kier molecular flexibility index (Phi) is 8.84. The van der Waals surface area contributed by atoms with E-state index in [1.54, 1.807) is 0 Å². The number of carbonyl (C=O) groups excluding carboxylic acids is 1. The molecule has 7 nitrogen and oxygen atoms in total. The number of aryl methyl sites for hydroxylation is 1. The van der Waals surface area contributed by atoms with Crippen molar-refractivity contribution in [2.45, 2.75) is 52.7 Å². The summed E-state index contributed by atoms with van der Waals surface area (Å²) in [7, 11) is 0. The van der Waals surface area contributed by atoms with Crippen LogP contribution >= 0.6 is 0 Å². The Morgan fingerprint density at radius 3 is 2.36 bits per heavy atom. The lowest BCUT2D eigenvalue weighted by Crippen LogP contribution is -2.25. The van der Waals surface area contributed by atoms with Gasteiger partial charge in [-0.2, -0.15) is 0 Å². The molecular formula is C21H29N3O4. The molecule has 7 heteroatoms. The summed E-state index contributed by atoms with van der Waals surface area (Å²) in [5.74, 6) is -0.209. The van der Waals surface area contributed by atoms with Gasteiger partial charge in [0.1, 0.15) is 5.69 Å². The van der Waals surface area contributed by atoms with Crippen LogP contribution in [0.25, 0.3) is 0 Å². The van der Waals surface area contributed by atoms with Crippen LogP contribution in [0.15, 0.2) is 35.1 Å². The highest BCUT2D eigenvalue weighted by Gasteiger charge is 2.21. The highest BCUT2D eigenvalue weighted by atomic mass is 16.7. The average molecular weight is 387 g/mol. The van der Waals surface area contributed by atoms with Gasteiger partial charge in [-0.1, -0.05) is 30.3 Å². The van der Waals surface area contributed by atoms with Crippen molar-refractivity contribution < 1.29 is 14.3 Å². The molecule has 2 rings (SSSR count). The number of carbonyl (C=O) groups is 1. The first-order valence-electron chi connectivity index (χ1n) is 9.72. The molecule has 1 heterocycles. The van der Waals surface area contributed by atoms with Crippen molar-refractivity contribution in [2.24, 2.45) is 0 Å². The lowest BCUT2D eigenvalue weighted by atomic mass is 10.0. The molecule has 0 aliphatic rings. The van der Waals surface area contributed by atoms with Gasteiger partial charge in [-0.15, -0.1) is 0 Å². The molecule has 1 amide bonds. The van der Waals surface area contributed by atoms with E-state index in [0.717, 1.165) is 19.3 Å². The van der Waals surface area contributed by atoms with Gasteiger partial charge in [0, 0.05) is 25.7 Å². The van der Waals surface area contributed by atoms with Crippen molar-refractivity contribution >= 4 is 11.9 Å². The molecule has 0 atom stereocenters. The van der Waals surface area contributed by atoms with E-state index in [9.17, 15) is 9.59 Å². The fraction of sp³-hybridized carbons (Fsp3) is 0.476. The molecule has 0 aliphatic heterocycles. The molecular weight excluding hydrogens is 358 g/mol. The standard InChI is InChI=1S/C21H29N3O4/c1-4-27-20(28-5-2)18-17(19(26)24-21(23-18)22-15(3)25)14-10-9-13-16-11-7-6-8-12-16/h6-8,11-12,20H,4-5,9-10,13-14H2,1-3H3,(H2,22,23,24,25,26). The smallest absolute Gasteiger partial charge is 0.255 e. The van der Waals surface area contributed by atoms with Crippen LogP contribution in [-0.2, 0) is 27.1 Å². The summed E-state index contributed by atoms with van der Waals surface area (Å²) in [6.45, 7) is 5.91. The molecule has 152 valence electrons. The Morgan fingerprint density at radius 1 is 1.11 bits per heavy atom. The van der Waals surface area contributed by atoms with E-state index >= 15 is 0 Å². The number of hydrogen-bond donors (Lipinski definition) is 2. The summed E-state index contributed by atoms with van der Waals surface area (Å²) >= 11 is 0. The van der Waals surface area contributed by atoms with Crippen molar-refractivity contribution in [1.29, 1.82) is 0 Å². The molecule has 0 saturated carbocycles. The Bertz CT molecular complexity index is 799. The van der Waals surface area contributed by atoms with E-state index < -0.39 is 6.29 Å². The maximum absolute atomic E-state index is 12.7. The molecule has 0 unspecified atom stereocenters. The van der Waals surface area contributed by atoms with Crippen LogP contribution in [0.4, 0.5) is 5.95 Å². The monoisotopic (exact) mass is 387 g/mol. The number of ether oxygens (including phenoxy) is 2. The van der Waals surface area contributed by atoms with E-state index in [-0.39, 0.29) is 17.4 Å². The Hall–Kier alpha value is -2.51. The Balaban J connectivity index is 2.19. The fourth-order valence-corrected chi connectivity index (χ4v) is 2.96. The number of hydrogen-bond acceptors (Lipinski definition) is 5. The maximum atomic E-state index is 12.7. The Labute approximate surface area is 165 Å². The maximum Gasteiger partial charge on any atom is 0.255 e. The van der Waals surface area contributed by atoms with Crippen molar-refractivity contribution in [1.82, 2.24) is 9.97 Å². The van der Waals surface area contributed by atoms with E-state index in [0.29, 0.717) is 30.9 Å². The number of amides is 1. The lowest BCUT2D eigenvalue weighted by molar-refractivity contribution is -0.143. The molecule has 0 bridgehead atoms. The zero-order chi connectivity index (χ0) is 20.4. The second-order valence-electron chi connectivity index (χ2n) is 6.39. The first-order chi connectivity index (χ1) is 13.5. The number of rotatable bonds is 11. The van der Waals surface area contributed by atoms with Gasteiger partial charge < -0.3 is 9.47 Å². The second kappa shape index (κ2) is 11.4. The summed E-state index contributed by atoms with van der Waals surface area (Å²) < 4.78 is 11.3. The van der Waals surface area contributed by atoms with Crippen LogP contribution in [-0.4, -0.2) is 29.1 Å². The van der Waals surface area contributed by atoms with Gasteiger partial charge in [-0.05, 0) is 45.1 Å². The quantitative estimate of drug-likeness (QED) is 0.455. The van der Waals surface area contributed by atoms with Crippen molar-refractivity contribution in [3.05, 3.63) is 57.5 Å². The van der Waals surface area contributed by atoms with E-state index in [1.165, 1.54) is 12.5 Å². The molecule has 0 spiro atoms. The number of H-pyrrole nitrogens is 1. The predicted octanol–water partition coefficient (Wildman–Crippen LogP) is 3.37. The van der Waals surface area contributed by atoms with E-state index in [1.807, 2.05) is 32.0 Å². The van der Waals surface area contributed by atoms with Gasteiger partial charge in [0.05, 0.1) is 0 Å². The minimum Gasteiger partial charge on any atom is -0.347 e. The zero-order valence-electron chi connectivity index (χ0n) is 16.8. The Morgan fingerprint density at radius 2 is 1.75 bits per heavy atom. The first kappa shape index (κ1) is 21.8. The van der Waals surface area contributed by atoms with Gasteiger partial charge in [0.2, 0.25) is 18.1 Å². The molecule has 2 N–H and O–H groups in total. The molecule has 1 aromatic heterocycles. The van der Waals surface area contributed by atoms with Gasteiger partial charge in [-0.3, -0.25) is 19.9 Å². The predicted molar refractivity (Wildman–Crippen MR) is 108 cm³/mol. The molecule has 0 aliphatic carbocycles. The van der Waals surface area contributed by atoms with Gasteiger partial charge in [-0.25, -0.2) is 4.98 Å². The number of benzene rings is 1. The third-order valence-corrected chi connectivity index (χ3v) is 4.19. The van der Waals surface area contributed by atoms with Crippen LogP contribution in [0, 0.1) is 0 Å². The average Bonchev–Trinajstić information content (AvgIpc) is 2.66. The number of nitrogens with zero attached hydrogens (tertiary/aromatic N) is 1. The molecule has 0 saturated heterocycles. The molecule has 28 heavy (non-hydrogen) atoms. The third kappa shape index (κ3) is 6.58. The molecule has 2 aromatic rings. The van der Waals surface area contributed by atoms with Crippen molar-refractivity contribution in [3.8, 4) is 0 Å².